The van der Waals surface area contributed by atoms with Crippen LogP contribution in [0.2, 0.25) is 0 Å². The first-order chi connectivity index (χ1) is 9.71. The number of rotatable bonds is 3. The van der Waals surface area contributed by atoms with Crippen LogP contribution in [0.15, 0.2) is 22.7 Å². The van der Waals surface area contributed by atoms with Crippen LogP contribution >= 0.6 is 27.7 Å². The fourth-order valence-corrected chi connectivity index (χ4v) is 4.68. The molecule has 1 spiro atoms. The Bertz CT molecular complexity index is 500. The van der Waals surface area contributed by atoms with Gasteiger partial charge in [-0.1, -0.05) is 0 Å². The lowest BCUT2D eigenvalue weighted by Crippen LogP contribution is -2.43. The van der Waals surface area contributed by atoms with Crippen molar-refractivity contribution in [2.45, 2.75) is 31.0 Å². The van der Waals surface area contributed by atoms with Crippen LogP contribution < -0.4 is 4.74 Å². The Morgan fingerprint density at radius 1 is 1.50 bits per heavy atom. The van der Waals surface area contributed by atoms with Gasteiger partial charge in [-0.2, -0.15) is 11.8 Å². The molecule has 3 rings (SSSR count). The molecule has 0 radical (unpaired) electrons. The van der Waals surface area contributed by atoms with Gasteiger partial charge in [-0.05, 0) is 46.3 Å². The number of aldehydes is 1. The predicted octanol–water partition coefficient (Wildman–Crippen LogP) is 3.70. The van der Waals surface area contributed by atoms with Gasteiger partial charge in [-0.3, -0.25) is 4.79 Å². The average Bonchev–Trinajstić information content (AvgIpc) is 2.89. The van der Waals surface area contributed by atoms with Gasteiger partial charge in [0.25, 0.3) is 0 Å². The number of carbonyl (C=O) groups excluding carboxylic acids is 1. The van der Waals surface area contributed by atoms with Crippen molar-refractivity contribution in [3.63, 3.8) is 0 Å². The van der Waals surface area contributed by atoms with E-state index in [2.05, 4.69) is 15.9 Å². The van der Waals surface area contributed by atoms with E-state index in [4.69, 9.17) is 9.47 Å². The lowest BCUT2D eigenvalue weighted by Gasteiger charge is -2.37. The number of benzene rings is 1. The zero-order valence-electron chi connectivity index (χ0n) is 11.1. The van der Waals surface area contributed by atoms with Gasteiger partial charge in [0, 0.05) is 24.2 Å². The Kier molecular flexibility index (Phi) is 4.38. The van der Waals surface area contributed by atoms with Gasteiger partial charge < -0.3 is 9.47 Å². The molecule has 0 bridgehead atoms. The van der Waals surface area contributed by atoms with Gasteiger partial charge in [0.1, 0.15) is 18.1 Å². The zero-order valence-corrected chi connectivity index (χ0v) is 13.5. The first-order valence-corrected chi connectivity index (χ1v) is 8.79. The quantitative estimate of drug-likeness (QED) is 0.773. The molecule has 0 saturated carbocycles. The van der Waals surface area contributed by atoms with Crippen molar-refractivity contribution in [2.75, 3.05) is 18.1 Å². The highest BCUT2D eigenvalue weighted by atomic mass is 79.9. The van der Waals surface area contributed by atoms with E-state index < -0.39 is 0 Å². The normalized spacial score (nSPS) is 29.6. The van der Waals surface area contributed by atoms with E-state index in [9.17, 15) is 4.79 Å². The average molecular weight is 357 g/mol. The van der Waals surface area contributed by atoms with Crippen molar-refractivity contribution in [1.82, 2.24) is 0 Å². The van der Waals surface area contributed by atoms with E-state index in [1.807, 2.05) is 17.8 Å². The molecule has 0 aliphatic carbocycles. The maximum absolute atomic E-state index is 10.7. The van der Waals surface area contributed by atoms with Gasteiger partial charge in [0.05, 0.1) is 16.7 Å². The van der Waals surface area contributed by atoms with E-state index in [-0.39, 0.29) is 11.7 Å². The highest BCUT2D eigenvalue weighted by molar-refractivity contribution is 9.10. The summed E-state index contributed by atoms with van der Waals surface area (Å²) in [6, 6.07) is 5.44. The van der Waals surface area contributed by atoms with Crippen LogP contribution in [0.5, 0.6) is 5.75 Å². The van der Waals surface area contributed by atoms with E-state index in [0.717, 1.165) is 48.1 Å². The summed E-state index contributed by atoms with van der Waals surface area (Å²) in [5, 5.41) is 0. The molecule has 0 aromatic heterocycles. The summed E-state index contributed by atoms with van der Waals surface area (Å²) >= 11 is 5.44. The van der Waals surface area contributed by atoms with Crippen LogP contribution in [0.4, 0.5) is 0 Å². The molecule has 2 aliphatic heterocycles. The van der Waals surface area contributed by atoms with E-state index in [1.54, 1.807) is 12.1 Å². The summed E-state index contributed by atoms with van der Waals surface area (Å²) in [6.07, 6.45) is 4.05. The number of carbonyl (C=O) groups is 1. The Labute approximate surface area is 131 Å². The molecule has 5 heteroatoms. The van der Waals surface area contributed by atoms with Crippen molar-refractivity contribution < 1.29 is 14.3 Å². The molecule has 108 valence electrons. The van der Waals surface area contributed by atoms with Crippen LogP contribution in [0.1, 0.15) is 29.6 Å². The molecule has 1 aromatic carbocycles. The zero-order chi connectivity index (χ0) is 14.0. The van der Waals surface area contributed by atoms with E-state index in [0.29, 0.717) is 5.56 Å². The van der Waals surface area contributed by atoms with Crippen LogP contribution in [0, 0.1) is 0 Å². The van der Waals surface area contributed by atoms with Crippen LogP contribution in [0.3, 0.4) is 0 Å². The molecular weight excluding hydrogens is 340 g/mol. The molecule has 20 heavy (non-hydrogen) atoms. The lowest BCUT2D eigenvalue weighted by atomic mass is 9.91. The summed E-state index contributed by atoms with van der Waals surface area (Å²) in [7, 11) is 0. The monoisotopic (exact) mass is 356 g/mol. The summed E-state index contributed by atoms with van der Waals surface area (Å²) in [5.74, 6) is 3.08. The van der Waals surface area contributed by atoms with Crippen molar-refractivity contribution in [2.24, 2.45) is 0 Å². The molecule has 1 aromatic rings. The van der Waals surface area contributed by atoms with Crippen LogP contribution in [-0.4, -0.2) is 36.1 Å². The summed E-state index contributed by atoms with van der Waals surface area (Å²) in [5.41, 5.74) is 0.683. The number of ether oxygens (including phenoxy) is 2. The SMILES string of the molecule is O=Cc1ccc(OC2CCOC3(CCSC3)C2)c(Br)c1. The molecular formula is C15H17BrO3S. The second-order valence-corrected chi connectivity index (χ2v) is 7.33. The summed E-state index contributed by atoms with van der Waals surface area (Å²) in [4.78, 5) is 10.7. The number of hydrogen-bond acceptors (Lipinski definition) is 4. The maximum Gasteiger partial charge on any atom is 0.150 e. The van der Waals surface area contributed by atoms with Gasteiger partial charge in [-0.25, -0.2) is 0 Å². The van der Waals surface area contributed by atoms with Gasteiger partial charge in [0.2, 0.25) is 0 Å². The van der Waals surface area contributed by atoms with E-state index in [1.165, 1.54) is 5.75 Å². The second-order valence-electron chi connectivity index (χ2n) is 5.37. The van der Waals surface area contributed by atoms with Crippen molar-refractivity contribution >= 4 is 34.0 Å². The molecule has 0 amide bonds. The van der Waals surface area contributed by atoms with E-state index >= 15 is 0 Å². The molecule has 2 heterocycles. The lowest BCUT2D eigenvalue weighted by molar-refractivity contribution is -0.0960. The van der Waals surface area contributed by atoms with Crippen molar-refractivity contribution in [1.29, 1.82) is 0 Å². The largest absolute Gasteiger partial charge is 0.489 e. The highest BCUT2D eigenvalue weighted by Crippen LogP contribution is 2.40. The standard InChI is InChI=1S/C15H17BrO3S/c16-13-7-11(9-17)1-2-14(13)19-12-3-5-18-15(8-12)4-6-20-10-15/h1-2,7,9,12H,3-6,8,10H2. The second kappa shape index (κ2) is 6.08. The molecule has 2 aliphatic rings. The number of hydrogen-bond donors (Lipinski definition) is 0. The van der Waals surface area contributed by atoms with Gasteiger partial charge >= 0.3 is 0 Å². The molecule has 2 atom stereocenters. The van der Waals surface area contributed by atoms with Gasteiger partial charge in [-0.15, -0.1) is 0 Å². The fraction of sp³-hybridized carbons (Fsp3) is 0.533. The third kappa shape index (κ3) is 3.05. The molecule has 2 fully saturated rings. The highest BCUT2D eigenvalue weighted by Gasteiger charge is 2.41. The maximum atomic E-state index is 10.7. The Hall–Kier alpha value is -0.520. The molecule has 3 nitrogen and oxygen atoms in total. The number of halogens is 1. The molecule has 2 saturated heterocycles. The topological polar surface area (TPSA) is 35.5 Å². The minimum atomic E-state index is 0.0306. The Morgan fingerprint density at radius 2 is 2.40 bits per heavy atom. The summed E-state index contributed by atoms with van der Waals surface area (Å²) < 4.78 is 13.0. The van der Waals surface area contributed by atoms with Crippen molar-refractivity contribution in [3.05, 3.63) is 28.2 Å². The first kappa shape index (κ1) is 14.4. The van der Waals surface area contributed by atoms with Crippen LogP contribution in [0.25, 0.3) is 0 Å². The molecule has 0 N–H and O–H groups in total. The fourth-order valence-electron chi connectivity index (χ4n) is 2.81. The summed E-state index contributed by atoms with van der Waals surface area (Å²) in [6.45, 7) is 0.773. The minimum Gasteiger partial charge on any atom is -0.489 e. The van der Waals surface area contributed by atoms with Gasteiger partial charge in [0.15, 0.2) is 0 Å². The predicted molar refractivity (Wildman–Crippen MR) is 83.8 cm³/mol. The minimum absolute atomic E-state index is 0.0306. The first-order valence-electron chi connectivity index (χ1n) is 6.84. The Balaban J connectivity index is 1.69. The number of thioether (sulfide) groups is 1. The van der Waals surface area contributed by atoms with Crippen molar-refractivity contribution in [3.8, 4) is 5.75 Å². The molecule has 2 unspecified atom stereocenters. The third-order valence-electron chi connectivity index (χ3n) is 3.90. The van der Waals surface area contributed by atoms with Crippen LogP contribution in [-0.2, 0) is 4.74 Å². The smallest absolute Gasteiger partial charge is 0.150 e. The third-order valence-corrected chi connectivity index (χ3v) is 5.74. The Morgan fingerprint density at radius 3 is 3.10 bits per heavy atom.